The molecule has 1 aromatic carbocycles. The highest BCUT2D eigenvalue weighted by Gasteiger charge is 2.51. The molecule has 4 aliphatic carbocycles. The summed E-state index contributed by atoms with van der Waals surface area (Å²) in [6, 6.07) is 5.20. The largest absolute Gasteiger partial charge is 0.455 e. The molecule has 4 bridgehead atoms. The first-order chi connectivity index (χ1) is 12.7. The number of hydrogen-bond donors (Lipinski definition) is 1. The molecule has 0 aromatic heterocycles. The Hall–Kier alpha value is -2.24. The van der Waals surface area contributed by atoms with E-state index in [1.54, 1.807) is 18.2 Å². The van der Waals surface area contributed by atoms with Crippen molar-refractivity contribution in [2.75, 3.05) is 18.7 Å². The highest BCUT2D eigenvalue weighted by Crippen LogP contribution is 2.56. The van der Waals surface area contributed by atoms with Gasteiger partial charge < -0.3 is 19.5 Å². The number of anilines is 1. The lowest BCUT2D eigenvalue weighted by Crippen LogP contribution is -2.48. The van der Waals surface area contributed by atoms with Crippen molar-refractivity contribution in [2.24, 2.45) is 29.6 Å². The summed E-state index contributed by atoms with van der Waals surface area (Å²) < 4.78 is 15.9. The van der Waals surface area contributed by atoms with Gasteiger partial charge in [-0.1, -0.05) is 0 Å². The Balaban J connectivity index is 1.16. The number of nitrogens with one attached hydrogen (secondary N) is 1. The highest BCUT2D eigenvalue weighted by atomic mass is 16.7. The van der Waals surface area contributed by atoms with Crippen molar-refractivity contribution in [3.8, 4) is 11.5 Å². The summed E-state index contributed by atoms with van der Waals surface area (Å²) >= 11 is 0. The molecule has 0 saturated heterocycles. The molecule has 5 aliphatic rings. The van der Waals surface area contributed by atoms with Gasteiger partial charge in [-0.2, -0.15) is 0 Å². The fourth-order valence-corrected chi connectivity index (χ4v) is 5.71. The van der Waals surface area contributed by atoms with Crippen molar-refractivity contribution < 1.29 is 23.8 Å². The molecule has 1 amide bonds. The Bertz CT molecular complexity index is 718. The van der Waals surface area contributed by atoms with Crippen LogP contribution in [0.3, 0.4) is 0 Å². The molecule has 0 atom stereocenters. The number of carbonyl (C=O) groups is 2. The van der Waals surface area contributed by atoms with E-state index in [4.69, 9.17) is 14.2 Å². The number of fused-ring (bicyclic) bond motifs is 1. The number of benzene rings is 1. The van der Waals surface area contributed by atoms with E-state index in [-0.39, 0.29) is 31.2 Å². The summed E-state index contributed by atoms with van der Waals surface area (Å²) in [5.41, 5.74) is 0.602. The number of hydrogen-bond acceptors (Lipinski definition) is 5. The standard InChI is InChI=1S/C20H23NO5/c22-18(21-15-1-2-16-17(8-15)26-10-25-16)9-24-20(23)19-13-4-11-3-12(6-13)7-14(19)5-11/h1-2,8,11-14,19H,3-7,9-10H2,(H,21,22). The van der Waals surface area contributed by atoms with Crippen molar-refractivity contribution in [3.63, 3.8) is 0 Å². The lowest BCUT2D eigenvalue weighted by molar-refractivity contribution is -0.164. The second-order valence-electron chi connectivity index (χ2n) is 8.18. The molecule has 26 heavy (non-hydrogen) atoms. The van der Waals surface area contributed by atoms with Crippen LogP contribution >= 0.6 is 0 Å². The Kier molecular flexibility index (Phi) is 3.80. The molecule has 1 N–H and O–H groups in total. The van der Waals surface area contributed by atoms with Crippen molar-refractivity contribution in [1.29, 1.82) is 0 Å². The zero-order valence-corrected chi connectivity index (χ0v) is 14.6. The fraction of sp³-hybridized carbons (Fsp3) is 0.600. The monoisotopic (exact) mass is 357 g/mol. The van der Waals surface area contributed by atoms with E-state index in [0.717, 1.165) is 37.5 Å². The van der Waals surface area contributed by atoms with Crippen LogP contribution < -0.4 is 14.8 Å². The molecule has 0 radical (unpaired) electrons. The van der Waals surface area contributed by atoms with E-state index < -0.39 is 0 Å². The molecule has 4 fully saturated rings. The summed E-state index contributed by atoms with van der Waals surface area (Å²) in [4.78, 5) is 24.7. The third-order valence-corrected chi connectivity index (χ3v) is 6.50. The summed E-state index contributed by atoms with van der Waals surface area (Å²) in [5.74, 6) is 3.32. The zero-order valence-electron chi connectivity index (χ0n) is 14.6. The van der Waals surface area contributed by atoms with Gasteiger partial charge in [0.25, 0.3) is 5.91 Å². The van der Waals surface area contributed by atoms with Crippen LogP contribution in [-0.2, 0) is 14.3 Å². The normalized spacial score (nSPS) is 33.2. The van der Waals surface area contributed by atoms with Crippen molar-refractivity contribution in [2.45, 2.75) is 32.1 Å². The predicted octanol–water partition coefficient (Wildman–Crippen LogP) is 2.97. The Morgan fingerprint density at radius 1 is 1.00 bits per heavy atom. The first kappa shape index (κ1) is 16.0. The maximum absolute atomic E-state index is 12.6. The number of rotatable bonds is 4. The molecule has 4 saturated carbocycles. The number of esters is 1. The summed E-state index contributed by atoms with van der Waals surface area (Å²) in [7, 11) is 0. The molecule has 6 nitrogen and oxygen atoms in total. The number of ether oxygens (including phenoxy) is 3. The molecule has 0 spiro atoms. The molecular weight excluding hydrogens is 334 g/mol. The fourth-order valence-electron chi connectivity index (χ4n) is 5.71. The van der Waals surface area contributed by atoms with Gasteiger partial charge in [0, 0.05) is 11.8 Å². The third-order valence-electron chi connectivity index (χ3n) is 6.50. The molecule has 0 unspecified atom stereocenters. The van der Waals surface area contributed by atoms with E-state index in [2.05, 4.69) is 5.32 Å². The third kappa shape index (κ3) is 2.81. The lowest BCUT2D eigenvalue weighted by Gasteiger charge is -2.53. The number of amides is 1. The molecule has 6 heteroatoms. The second kappa shape index (κ2) is 6.18. The lowest BCUT2D eigenvalue weighted by atomic mass is 9.52. The average Bonchev–Trinajstić information content (AvgIpc) is 3.07. The van der Waals surface area contributed by atoms with Crippen LogP contribution in [0.1, 0.15) is 32.1 Å². The first-order valence-corrected chi connectivity index (χ1v) is 9.52. The second-order valence-corrected chi connectivity index (χ2v) is 8.18. The molecule has 138 valence electrons. The van der Waals surface area contributed by atoms with E-state index in [1.807, 2.05) is 0 Å². The van der Waals surface area contributed by atoms with Gasteiger partial charge in [-0.25, -0.2) is 0 Å². The topological polar surface area (TPSA) is 73.9 Å². The quantitative estimate of drug-likeness (QED) is 0.839. The average molecular weight is 357 g/mol. The maximum atomic E-state index is 12.6. The molecule has 6 rings (SSSR count). The van der Waals surface area contributed by atoms with E-state index in [1.165, 1.54) is 6.42 Å². The SMILES string of the molecule is O=C(COC(=O)C1C2CC3CC(C2)CC1C3)Nc1ccc2c(c1)OCO2. The Labute approximate surface area is 152 Å². The van der Waals surface area contributed by atoms with Gasteiger partial charge in [0.05, 0.1) is 5.92 Å². The van der Waals surface area contributed by atoms with Crippen LogP contribution in [0.4, 0.5) is 5.69 Å². The van der Waals surface area contributed by atoms with E-state index >= 15 is 0 Å². The van der Waals surface area contributed by atoms with Crippen LogP contribution in [0.15, 0.2) is 18.2 Å². The molecular formula is C20H23NO5. The minimum absolute atomic E-state index is 0.00106. The van der Waals surface area contributed by atoms with Crippen LogP contribution in [0, 0.1) is 29.6 Å². The van der Waals surface area contributed by atoms with E-state index in [9.17, 15) is 9.59 Å². The van der Waals surface area contributed by atoms with Gasteiger partial charge in [0.1, 0.15) is 0 Å². The Morgan fingerprint density at radius 3 is 2.42 bits per heavy atom. The van der Waals surface area contributed by atoms with Gasteiger partial charge in [0.2, 0.25) is 6.79 Å². The van der Waals surface area contributed by atoms with Crippen molar-refractivity contribution in [3.05, 3.63) is 18.2 Å². The van der Waals surface area contributed by atoms with Gasteiger partial charge in [0.15, 0.2) is 18.1 Å². The smallest absolute Gasteiger partial charge is 0.310 e. The van der Waals surface area contributed by atoms with Crippen LogP contribution in [0.5, 0.6) is 11.5 Å². The van der Waals surface area contributed by atoms with Gasteiger partial charge >= 0.3 is 5.97 Å². The Morgan fingerprint density at radius 2 is 1.69 bits per heavy atom. The molecule has 1 aromatic rings. The van der Waals surface area contributed by atoms with Gasteiger partial charge in [-0.15, -0.1) is 0 Å². The van der Waals surface area contributed by atoms with Crippen LogP contribution in [0.2, 0.25) is 0 Å². The summed E-state index contributed by atoms with van der Waals surface area (Å²) in [6.45, 7) is -0.0497. The minimum atomic E-state index is -0.332. The number of carbonyl (C=O) groups excluding carboxylic acids is 2. The highest BCUT2D eigenvalue weighted by molar-refractivity contribution is 5.93. The van der Waals surface area contributed by atoms with E-state index in [0.29, 0.717) is 29.0 Å². The minimum Gasteiger partial charge on any atom is -0.455 e. The first-order valence-electron chi connectivity index (χ1n) is 9.52. The summed E-state index contributed by atoms with van der Waals surface area (Å²) in [5, 5.41) is 2.74. The van der Waals surface area contributed by atoms with Gasteiger partial charge in [-0.05, 0) is 67.9 Å². The van der Waals surface area contributed by atoms with Crippen LogP contribution in [-0.4, -0.2) is 25.3 Å². The van der Waals surface area contributed by atoms with Crippen molar-refractivity contribution in [1.82, 2.24) is 0 Å². The maximum Gasteiger partial charge on any atom is 0.310 e. The van der Waals surface area contributed by atoms with Gasteiger partial charge in [-0.3, -0.25) is 9.59 Å². The zero-order chi connectivity index (χ0) is 17.7. The van der Waals surface area contributed by atoms with Crippen molar-refractivity contribution >= 4 is 17.6 Å². The van der Waals surface area contributed by atoms with Crippen LogP contribution in [0.25, 0.3) is 0 Å². The molecule has 1 aliphatic heterocycles. The molecule has 1 heterocycles. The predicted molar refractivity (Wildman–Crippen MR) is 92.7 cm³/mol. The summed E-state index contributed by atoms with van der Waals surface area (Å²) in [6.07, 6.45) is 6.01.